The van der Waals surface area contributed by atoms with E-state index in [1.807, 2.05) is 0 Å². The smallest absolute Gasteiger partial charge is 0.0480 e. The van der Waals surface area contributed by atoms with Crippen LogP contribution in [0.1, 0.15) is 19.4 Å². The number of aryl methyl sites for hydroxylation is 1. The molecule has 0 unspecified atom stereocenters. The molecule has 0 saturated heterocycles. The Labute approximate surface area is 109 Å². The van der Waals surface area contributed by atoms with E-state index in [2.05, 4.69) is 61.2 Å². The second-order valence-electron chi connectivity index (χ2n) is 5.55. The van der Waals surface area contributed by atoms with Crippen molar-refractivity contribution in [1.29, 1.82) is 0 Å². The van der Waals surface area contributed by atoms with Crippen LogP contribution in [0.3, 0.4) is 0 Å². The van der Waals surface area contributed by atoms with Gasteiger partial charge in [-0.05, 0) is 38.4 Å². The van der Waals surface area contributed by atoms with Crippen LogP contribution < -0.4 is 11.1 Å². The Balaban J connectivity index is 2.09. The zero-order chi connectivity index (χ0) is 13.2. The van der Waals surface area contributed by atoms with Gasteiger partial charge in [0.2, 0.25) is 0 Å². The van der Waals surface area contributed by atoms with Crippen LogP contribution in [0.15, 0.2) is 30.5 Å². The van der Waals surface area contributed by atoms with Gasteiger partial charge >= 0.3 is 0 Å². The molecule has 0 spiro atoms. The summed E-state index contributed by atoms with van der Waals surface area (Å²) in [6.45, 7) is 5.88. The van der Waals surface area contributed by atoms with Gasteiger partial charge in [-0.15, -0.1) is 0 Å². The lowest BCUT2D eigenvalue weighted by molar-refractivity contribution is 0.402. The third kappa shape index (κ3) is 2.74. The van der Waals surface area contributed by atoms with Crippen LogP contribution in [0.25, 0.3) is 10.9 Å². The van der Waals surface area contributed by atoms with Crippen molar-refractivity contribution < 1.29 is 0 Å². The van der Waals surface area contributed by atoms with E-state index in [1.54, 1.807) is 0 Å². The highest BCUT2D eigenvalue weighted by atomic mass is 15.0. The van der Waals surface area contributed by atoms with Gasteiger partial charge in [0, 0.05) is 36.2 Å². The minimum Gasteiger partial charge on any atom is -0.350 e. The molecule has 1 aromatic carbocycles. The summed E-state index contributed by atoms with van der Waals surface area (Å²) in [5.74, 6) is 0. The van der Waals surface area contributed by atoms with E-state index in [9.17, 15) is 0 Å². The zero-order valence-corrected chi connectivity index (χ0v) is 11.5. The summed E-state index contributed by atoms with van der Waals surface area (Å²) in [4.78, 5) is 0. The van der Waals surface area contributed by atoms with E-state index in [4.69, 9.17) is 5.73 Å². The SMILES string of the molecule is Cn1cc(CCNC(C)(C)CN)c2ccccc21. The molecule has 0 aliphatic rings. The van der Waals surface area contributed by atoms with Crippen molar-refractivity contribution in [3.8, 4) is 0 Å². The van der Waals surface area contributed by atoms with E-state index in [-0.39, 0.29) is 5.54 Å². The molecule has 0 aliphatic carbocycles. The van der Waals surface area contributed by atoms with Gasteiger partial charge in [-0.2, -0.15) is 0 Å². The maximum atomic E-state index is 5.71. The fraction of sp³-hybridized carbons (Fsp3) is 0.467. The fourth-order valence-electron chi connectivity index (χ4n) is 2.23. The second kappa shape index (κ2) is 5.12. The summed E-state index contributed by atoms with van der Waals surface area (Å²) >= 11 is 0. The van der Waals surface area contributed by atoms with Crippen LogP contribution in [0.5, 0.6) is 0 Å². The maximum Gasteiger partial charge on any atom is 0.0480 e. The molecule has 1 aromatic heterocycles. The normalized spacial score (nSPS) is 12.2. The van der Waals surface area contributed by atoms with Gasteiger partial charge in [0.25, 0.3) is 0 Å². The van der Waals surface area contributed by atoms with E-state index in [0.717, 1.165) is 13.0 Å². The molecule has 18 heavy (non-hydrogen) atoms. The molecule has 0 amide bonds. The van der Waals surface area contributed by atoms with E-state index >= 15 is 0 Å². The van der Waals surface area contributed by atoms with Crippen molar-refractivity contribution in [1.82, 2.24) is 9.88 Å². The Morgan fingerprint density at radius 2 is 2.00 bits per heavy atom. The summed E-state index contributed by atoms with van der Waals surface area (Å²) < 4.78 is 2.19. The van der Waals surface area contributed by atoms with Crippen molar-refractivity contribution >= 4 is 10.9 Å². The standard InChI is InChI=1S/C15H23N3/c1-15(2,11-16)17-9-8-12-10-18(3)14-7-5-4-6-13(12)14/h4-7,10,17H,8-9,11,16H2,1-3H3. The number of hydrogen-bond donors (Lipinski definition) is 2. The zero-order valence-electron chi connectivity index (χ0n) is 11.5. The number of nitrogens with zero attached hydrogens (tertiary/aromatic N) is 1. The minimum absolute atomic E-state index is 0.0184. The summed E-state index contributed by atoms with van der Waals surface area (Å²) in [6, 6.07) is 8.54. The topological polar surface area (TPSA) is 43.0 Å². The van der Waals surface area contributed by atoms with Crippen LogP contribution in [0.4, 0.5) is 0 Å². The van der Waals surface area contributed by atoms with Gasteiger partial charge in [0.1, 0.15) is 0 Å². The molecule has 0 radical (unpaired) electrons. The molecule has 1 heterocycles. The summed E-state index contributed by atoms with van der Waals surface area (Å²) in [5, 5.41) is 4.85. The number of nitrogens with one attached hydrogen (secondary N) is 1. The lowest BCUT2D eigenvalue weighted by atomic mass is 10.1. The van der Waals surface area contributed by atoms with Gasteiger partial charge in [-0.25, -0.2) is 0 Å². The number of para-hydroxylation sites is 1. The Morgan fingerprint density at radius 1 is 1.28 bits per heavy atom. The first-order chi connectivity index (χ1) is 8.53. The molecule has 0 atom stereocenters. The highest BCUT2D eigenvalue weighted by Crippen LogP contribution is 2.20. The predicted octanol–water partition coefficient (Wildman–Crippen LogP) is 2.05. The Morgan fingerprint density at radius 3 is 2.72 bits per heavy atom. The average molecular weight is 245 g/mol. The van der Waals surface area contributed by atoms with Gasteiger partial charge in [0.05, 0.1) is 0 Å². The number of fused-ring (bicyclic) bond motifs is 1. The van der Waals surface area contributed by atoms with E-state index in [0.29, 0.717) is 6.54 Å². The van der Waals surface area contributed by atoms with Crippen LogP contribution in [-0.4, -0.2) is 23.2 Å². The van der Waals surface area contributed by atoms with Crippen LogP contribution in [0, 0.1) is 0 Å². The molecule has 2 aromatic rings. The quantitative estimate of drug-likeness (QED) is 0.846. The largest absolute Gasteiger partial charge is 0.350 e. The summed E-state index contributed by atoms with van der Waals surface area (Å²) in [5.41, 5.74) is 8.43. The highest BCUT2D eigenvalue weighted by Gasteiger charge is 2.14. The Bertz CT molecular complexity index is 526. The summed E-state index contributed by atoms with van der Waals surface area (Å²) in [6.07, 6.45) is 3.26. The van der Waals surface area contributed by atoms with Crippen molar-refractivity contribution in [3.63, 3.8) is 0 Å². The van der Waals surface area contributed by atoms with Gasteiger partial charge < -0.3 is 15.6 Å². The van der Waals surface area contributed by atoms with E-state index in [1.165, 1.54) is 16.5 Å². The Hall–Kier alpha value is -1.32. The number of benzene rings is 1. The molecular weight excluding hydrogens is 222 g/mol. The second-order valence-corrected chi connectivity index (χ2v) is 5.55. The van der Waals surface area contributed by atoms with Gasteiger partial charge in [0.15, 0.2) is 0 Å². The van der Waals surface area contributed by atoms with Crippen LogP contribution >= 0.6 is 0 Å². The highest BCUT2D eigenvalue weighted by molar-refractivity contribution is 5.83. The molecule has 0 saturated carbocycles. The maximum absolute atomic E-state index is 5.71. The molecule has 2 rings (SSSR count). The van der Waals surface area contributed by atoms with Crippen molar-refractivity contribution in [2.45, 2.75) is 25.8 Å². The molecule has 3 nitrogen and oxygen atoms in total. The average Bonchev–Trinajstić information content (AvgIpc) is 2.67. The molecule has 98 valence electrons. The third-order valence-electron chi connectivity index (χ3n) is 3.49. The third-order valence-corrected chi connectivity index (χ3v) is 3.49. The van der Waals surface area contributed by atoms with Crippen molar-refractivity contribution in [2.24, 2.45) is 12.8 Å². The van der Waals surface area contributed by atoms with Crippen LogP contribution in [-0.2, 0) is 13.5 Å². The first-order valence-corrected chi connectivity index (χ1v) is 6.51. The van der Waals surface area contributed by atoms with Gasteiger partial charge in [-0.1, -0.05) is 18.2 Å². The first-order valence-electron chi connectivity index (χ1n) is 6.51. The monoisotopic (exact) mass is 245 g/mol. The number of nitrogens with two attached hydrogens (primary N) is 1. The number of aromatic nitrogens is 1. The molecule has 0 bridgehead atoms. The Kier molecular flexibility index (Phi) is 3.73. The van der Waals surface area contributed by atoms with E-state index < -0.39 is 0 Å². The molecular formula is C15H23N3. The predicted molar refractivity (Wildman–Crippen MR) is 77.8 cm³/mol. The van der Waals surface area contributed by atoms with Crippen molar-refractivity contribution in [3.05, 3.63) is 36.0 Å². The fourth-order valence-corrected chi connectivity index (χ4v) is 2.23. The number of rotatable bonds is 5. The molecule has 0 fully saturated rings. The lowest BCUT2D eigenvalue weighted by Gasteiger charge is -2.24. The molecule has 3 N–H and O–H groups in total. The van der Waals surface area contributed by atoms with Crippen molar-refractivity contribution in [2.75, 3.05) is 13.1 Å². The first kappa shape index (κ1) is 13.1. The van der Waals surface area contributed by atoms with Crippen LogP contribution in [0.2, 0.25) is 0 Å². The summed E-state index contributed by atoms with van der Waals surface area (Å²) in [7, 11) is 2.10. The van der Waals surface area contributed by atoms with Gasteiger partial charge in [-0.3, -0.25) is 0 Å². The lowest BCUT2D eigenvalue weighted by Crippen LogP contribution is -2.46. The molecule has 3 heteroatoms. The minimum atomic E-state index is 0.0184. The number of hydrogen-bond acceptors (Lipinski definition) is 2. The molecule has 0 aliphatic heterocycles.